The Morgan fingerprint density at radius 1 is 1.44 bits per heavy atom. The van der Waals surface area contributed by atoms with Gasteiger partial charge in [0.1, 0.15) is 11.8 Å². The number of hydrogen-bond donors (Lipinski definition) is 1. The molecule has 0 aromatic heterocycles. The van der Waals surface area contributed by atoms with Gasteiger partial charge >= 0.3 is 12.1 Å². The zero-order chi connectivity index (χ0) is 13.1. The van der Waals surface area contributed by atoms with E-state index in [1.54, 1.807) is 18.2 Å². The van der Waals surface area contributed by atoms with Gasteiger partial charge in [0.05, 0.1) is 0 Å². The molecular formula is C13H15NO4. The summed E-state index contributed by atoms with van der Waals surface area (Å²) in [5.41, 5.74) is 0.983. The summed E-state index contributed by atoms with van der Waals surface area (Å²) in [5.74, 6) is -0.537. The van der Waals surface area contributed by atoms with Gasteiger partial charge in [-0.3, -0.25) is 4.90 Å². The number of ether oxygens (including phenoxy) is 1. The molecule has 0 spiro atoms. The van der Waals surface area contributed by atoms with Gasteiger partial charge in [-0.15, -0.1) is 0 Å². The molecule has 18 heavy (non-hydrogen) atoms. The first-order chi connectivity index (χ1) is 8.58. The molecule has 2 rings (SSSR count). The van der Waals surface area contributed by atoms with Crippen LogP contribution in [0.1, 0.15) is 18.4 Å². The van der Waals surface area contributed by atoms with Crippen molar-refractivity contribution in [1.82, 2.24) is 4.90 Å². The highest BCUT2D eigenvalue weighted by atomic mass is 16.6. The number of amides is 1. The van der Waals surface area contributed by atoms with Crippen molar-refractivity contribution in [3.63, 3.8) is 0 Å². The summed E-state index contributed by atoms with van der Waals surface area (Å²) in [6.45, 7) is 2.33. The number of hydrogen-bond acceptors (Lipinski definition) is 3. The molecule has 1 amide bonds. The zero-order valence-electron chi connectivity index (χ0n) is 10.1. The van der Waals surface area contributed by atoms with Gasteiger partial charge in [0.2, 0.25) is 0 Å². The molecular weight excluding hydrogens is 234 g/mol. The van der Waals surface area contributed by atoms with Crippen LogP contribution in [0.25, 0.3) is 0 Å². The number of carboxylic acids is 1. The molecule has 1 unspecified atom stereocenters. The standard InChI is InChI=1S/C13H15NO4/c1-9-4-2-5-10(8-9)18-13(17)14-7-3-6-11(14)12(15)16/h2,4-5,8,11H,3,6-7H2,1H3,(H,15,16). The van der Waals surface area contributed by atoms with Crippen molar-refractivity contribution in [3.8, 4) is 5.75 Å². The summed E-state index contributed by atoms with van der Waals surface area (Å²) in [4.78, 5) is 24.1. The predicted octanol–water partition coefficient (Wildman–Crippen LogP) is 2.04. The Morgan fingerprint density at radius 2 is 2.22 bits per heavy atom. The first-order valence-corrected chi connectivity index (χ1v) is 5.86. The quantitative estimate of drug-likeness (QED) is 0.871. The third kappa shape index (κ3) is 2.61. The Balaban J connectivity index is 2.06. The fourth-order valence-corrected chi connectivity index (χ4v) is 2.08. The molecule has 0 aliphatic carbocycles. The molecule has 5 nitrogen and oxygen atoms in total. The molecule has 1 N–H and O–H groups in total. The topological polar surface area (TPSA) is 66.8 Å². The average molecular weight is 249 g/mol. The van der Waals surface area contributed by atoms with Crippen LogP contribution in [0.2, 0.25) is 0 Å². The maximum absolute atomic E-state index is 11.9. The van der Waals surface area contributed by atoms with Crippen molar-refractivity contribution < 1.29 is 19.4 Å². The Morgan fingerprint density at radius 3 is 2.89 bits per heavy atom. The van der Waals surface area contributed by atoms with Gasteiger partial charge in [-0.1, -0.05) is 12.1 Å². The van der Waals surface area contributed by atoms with E-state index in [-0.39, 0.29) is 0 Å². The molecule has 5 heteroatoms. The number of carboxylic acid groups (broad SMARTS) is 1. The lowest BCUT2D eigenvalue weighted by Gasteiger charge is -2.20. The van der Waals surface area contributed by atoms with E-state index in [2.05, 4.69) is 0 Å². The highest BCUT2D eigenvalue weighted by Gasteiger charge is 2.35. The number of carbonyl (C=O) groups is 2. The van der Waals surface area contributed by atoms with Crippen LogP contribution in [-0.4, -0.2) is 34.7 Å². The summed E-state index contributed by atoms with van der Waals surface area (Å²) in [6, 6.07) is 6.34. The van der Waals surface area contributed by atoms with Gasteiger partial charge in [-0.25, -0.2) is 9.59 Å². The SMILES string of the molecule is Cc1cccc(OC(=O)N2CCCC2C(=O)O)c1. The zero-order valence-corrected chi connectivity index (χ0v) is 10.1. The highest BCUT2D eigenvalue weighted by molar-refractivity contribution is 5.81. The fourth-order valence-electron chi connectivity index (χ4n) is 2.08. The third-order valence-electron chi connectivity index (χ3n) is 2.97. The molecule has 1 atom stereocenters. The summed E-state index contributed by atoms with van der Waals surface area (Å²) in [7, 11) is 0. The van der Waals surface area contributed by atoms with Crippen molar-refractivity contribution in [3.05, 3.63) is 29.8 Å². The molecule has 1 aromatic rings. The normalized spacial score (nSPS) is 18.7. The second-order valence-corrected chi connectivity index (χ2v) is 4.37. The first-order valence-electron chi connectivity index (χ1n) is 5.86. The Hall–Kier alpha value is -2.04. The lowest BCUT2D eigenvalue weighted by molar-refractivity contribution is -0.141. The lowest BCUT2D eigenvalue weighted by atomic mass is 10.2. The van der Waals surface area contributed by atoms with Gasteiger partial charge in [-0.05, 0) is 37.5 Å². The van der Waals surface area contributed by atoms with Gasteiger partial charge < -0.3 is 9.84 Å². The summed E-state index contributed by atoms with van der Waals surface area (Å²) in [6.07, 6.45) is 0.587. The number of likely N-dealkylation sites (tertiary alicyclic amines) is 1. The lowest BCUT2D eigenvalue weighted by Crippen LogP contribution is -2.41. The first kappa shape index (κ1) is 12.4. The van der Waals surface area contributed by atoms with Gasteiger partial charge in [0.15, 0.2) is 0 Å². The number of rotatable bonds is 2. The van der Waals surface area contributed by atoms with Crippen molar-refractivity contribution >= 4 is 12.1 Å². The van der Waals surface area contributed by atoms with Crippen LogP contribution in [0, 0.1) is 6.92 Å². The molecule has 1 saturated heterocycles. The van der Waals surface area contributed by atoms with Crippen LogP contribution in [0.4, 0.5) is 4.79 Å². The number of nitrogens with zero attached hydrogens (tertiary/aromatic N) is 1. The van der Waals surface area contributed by atoms with Crippen LogP contribution in [0.5, 0.6) is 5.75 Å². The Labute approximate surface area is 105 Å². The van der Waals surface area contributed by atoms with E-state index in [1.165, 1.54) is 4.90 Å². The van der Waals surface area contributed by atoms with E-state index >= 15 is 0 Å². The van der Waals surface area contributed by atoms with Crippen molar-refractivity contribution in [2.75, 3.05) is 6.54 Å². The van der Waals surface area contributed by atoms with Crippen LogP contribution in [0.15, 0.2) is 24.3 Å². The van der Waals surface area contributed by atoms with Crippen molar-refractivity contribution in [2.24, 2.45) is 0 Å². The van der Waals surface area contributed by atoms with Crippen LogP contribution < -0.4 is 4.74 Å². The number of benzene rings is 1. The summed E-state index contributed by atoms with van der Waals surface area (Å²) in [5, 5.41) is 8.99. The van der Waals surface area contributed by atoms with E-state index in [4.69, 9.17) is 9.84 Å². The number of aliphatic carboxylic acids is 1. The largest absolute Gasteiger partial charge is 0.480 e. The van der Waals surface area contributed by atoms with E-state index in [0.717, 1.165) is 5.56 Å². The minimum Gasteiger partial charge on any atom is -0.480 e. The smallest absolute Gasteiger partial charge is 0.415 e. The molecule has 0 radical (unpaired) electrons. The van der Waals surface area contributed by atoms with E-state index in [9.17, 15) is 9.59 Å². The van der Waals surface area contributed by atoms with Crippen LogP contribution >= 0.6 is 0 Å². The highest BCUT2D eigenvalue weighted by Crippen LogP contribution is 2.20. The van der Waals surface area contributed by atoms with Crippen LogP contribution in [-0.2, 0) is 4.79 Å². The Bertz CT molecular complexity index is 472. The molecule has 1 aromatic carbocycles. The fraction of sp³-hybridized carbons (Fsp3) is 0.385. The van der Waals surface area contributed by atoms with E-state index < -0.39 is 18.1 Å². The van der Waals surface area contributed by atoms with E-state index in [0.29, 0.717) is 25.1 Å². The molecule has 1 aliphatic rings. The molecule has 0 bridgehead atoms. The van der Waals surface area contributed by atoms with Crippen molar-refractivity contribution in [1.29, 1.82) is 0 Å². The minimum absolute atomic E-state index is 0.432. The Kier molecular flexibility index (Phi) is 3.50. The maximum atomic E-state index is 11.9. The molecule has 96 valence electrons. The van der Waals surface area contributed by atoms with E-state index in [1.807, 2.05) is 13.0 Å². The number of carbonyl (C=O) groups excluding carboxylic acids is 1. The molecule has 1 heterocycles. The predicted molar refractivity (Wildman–Crippen MR) is 64.6 cm³/mol. The summed E-state index contributed by atoms with van der Waals surface area (Å²) < 4.78 is 5.18. The number of aryl methyl sites for hydroxylation is 1. The molecule has 0 saturated carbocycles. The van der Waals surface area contributed by atoms with Gasteiger partial charge in [0, 0.05) is 6.54 Å². The molecule has 1 fully saturated rings. The second-order valence-electron chi connectivity index (χ2n) is 4.37. The minimum atomic E-state index is -0.978. The van der Waals surface area contributed by atoms with Crippen LogP contribution in [0.3, 0.4) is 0 Å². The summed E-state index contributed by atoms with van der Waals surface area (Å²) >= 11 is 0. The monoisotopic (exact) mass is 249 g/mol. The molecule has 1 aliphatic heterocycles. The maximum Gasteiger partial charge on any atom is 0.415 e. The average Bonchev–Trinajstić information content (AvgIpc) is 2.77. The van der Waals surface area contributed by atoms with Crippen molar-refractivity contribution in [2.45, 2.75) is 25.8 Å². The van der Waals surface area contributed by atoms with Gasteiger partial charge in [0.25, 0.3) is 0 Å². The van der Waals surface area contributed by atoms with Gasteiger partial charge in [-0.2, -0.15) is 0 Å². The second kappa shape index (κ2) is 5.08. The third-order valence-corrected chi connectivity index (χ3v) is 2.97.